The van der Waals surface area contributed by atoms with Crippen LogP contribution in [0.4, 0.5) is 0 Å². The van der Waals surface area contributed by atoms with E-state index in [0.29, 0.717) is 53.9 Å². The van der Waals surface area contributed by atoms with Gasteiger partial charge in [-0.25, -0.2) is 0 Å². The third-order valence-electron chi connectivity index (χ3n) is 7.83. The van der Waals surface area contributed by atoms with E-state index < -0.39 is 11.8 Å². The molecule has 0 spiro atoms. The number of Topliss-reactive ketones (excluding diaryl/α,β-unsaturated/α-hetero) is 1. The van der Waals surface area contributed by atoms with Crippen LogP contribution in [0.15, 0.2) is 89.1 Å². The fourth-order valence-electron chi connectivity index (χ4n) is 5.77. The minimum Gasteiger partial charge on any atom is -0.493 e. The molecule has 5 rings (SSSR count). The molecule has 42 heavy (non-hydrogen) atoms. The topological polar surface area (TPSA) is 74.2 Å². The lowest BCUT2D eigenvalue weighted by molar-refractivity contribution is -0.147. The number of hydrogen-bond donors (Lipinski definition) is 0. The van der Waals surface area contributed by atoms with Crippen LogP contribution in [0, 0.1) is 11.8 Å². The van der Waals surface area contributed by atoms with Crippen molar-refractivity contribution in [3.8, 4) is 11.5 Å². The zero-order valence-corrected chi connectivity index (χ0v) is 25.2. The van der Waals surface area contributed by atoms with E-state index in [0.717, 1.165) is 22.4 Å². The normalized spacial score (nSPS) is 20.2. The van der Waals surface area contributed by atoms with Crippen molar-refractivity contribution in [1.29, 1.82) is 0 Å². The summed E-state index contributed by atoms with van der Waals surface area (Å²) in [5.41, 5.74) is 4.81. The van der Waals surface area contributed by atoms with E-state index in [1.165, 1.54) is 0 Å². The number of nitrogens with zero attached hydrogens (tertiary/aromatic N) is 1. The highest BCUT2D eigenvalue weighted by Gasteiger charge is 2.45. The fraction of sp³-hybridized carbons (Fsp3) is 0.343. The molecule has 218 valence electrons. The van der Waals surface area contributed by atoms with E-state index in [1.54, 1.807) is 7.11 Å². The number of benzene rings is 3. The lowest BCUT2D eigenvalue weighted by Gasteiger charge is -2.36. The molecule has 3 aromatic carbocycles. The van der Waals surface area contributed by atoms with Crippen LogP contribution in [0.5, 0.6) is 11.5 Å². The maximum Gasteiger partial charge on any atom is 0.315 e. The number of carbonyl (C=O) groups is 2. The van der Waals surface area contributed by atoms with Crippen molar-refractivity contribution in [2.45, 2.75) is 52.1 Å². The molecule has 0 amide bonds. The summed E-state index contributed by atoms with van der Waals surface area (Å²) in [5, 5.41) is 0.653. The Kier molecular flexibility index (Phi) is 9.12. The number of allylic oxidation sites excluding steroid dienone is 2. The number of aliphatic imine (C=N–C) groups is 1. The Bertz CT molecular complexity index is 1510. The van der Waals surface area contributed by atoms with Crippen LogP contribution >= 0.6 is 11.6 Å². The van der Waals surface area contributed by atoms with Gasteiger partial charge in [-0.15, -0.1) is 0 Å². The zero-order valence-electron chi connectivity index (χ0n) is 24.4. The first-order valence-corrected chi connectivity index (χ1v) is 14.7. The highest BCUT2D eigenvalue weighted by atomic mass is 35.5. The summed E-state index contributed by atoms with van der Waals surface area (Å²) in [5.74, 6) is -0.384. The second-order valence-corrected chi connectivity index (χ2v) is 11.8. The molecule has 7 heteroatoms. The Balaban J connectivity index is 1.52. The van der Waals surface area contributed by atoms with Crippen LogP contribution in [-0.4, -0.2) is 31.2 Å². The van der Waals surface area contributed by atoms with Gasteiger partial charge in [-0.1, -0.05) is 74.0 Å². The standard InChI is InChI=1S/C35H36ClNO5/c1-21(2)19-42-35(39)32-22(3)37-28-16-26(24-10-13-27(36)14-11-24)17-29(38)34(28)33(32)25-12-15-30(31(18-25)40-4)41-20-23-8-6-5-7-9-23/h5-15,18,21,26,32-33H,16-17,19-20H2,1-4H3/t26-,32?,33+/m1/s1. The summed E-state index contributed by atoms with van der Waals surface area (Å²) in [4.78, 5) is 32.4. The molecule has 3 aromatic rings. The first-order chi connectivity index (χ1) is 20.2. The van der Waals surface area contributed by atoms with Gasteiger partial charge in [-0.2, -0.15) is 0 Å². The van der Waals surface area contributed by atoms with Crippen molar-refractivity contribution in [2.24, 2.45) is 16.8 Å². The van der Waals surface area contributed by atoms with Crippen LogP contribution < -0.4 is 9.47 Å². The average Bonchev–Trinajstić information content (AvgIpc) is 2.98. The first-order valence-electron chi connectivity index (χ1n) is 14.3. The number of ether oxygens (including phenoxy) is 3. The monoisotopic (exact) mass is 585 g/mol. The number of methoxy groups -OCH3 is 1. The Hall–Kier alpha value is -3.90. The molecule has 0 aromatic heterocycles. The smallest absolute Gasteiger partial charge is 0.315 e. The molecule has 0 bridgehead atoms. The number of rotatable bonds is 9. The van der Waals surface area contributed by atoms with Gasteiger partial charge in [0.25, 0.3) is 0 Å². The molecule has 0 fully saturated rings. The van der Waals surface area contributed by atoms with Crippen LogP contribution in [0.2, 0.25) is 5.02 Å². The van der Waals surface area contributed by atoms with Crippen molar-refractivity contribution >= 4 is 29.1 Å². The quantitative estimate of drug-likeness (QED) is 0.241. The zero-order chi connectivity index (χ0) is 29.8. The third kappa shape index (κ3) is 6.44. The Labute approximate surface area is 252 Å². The highest BCUT2D eigenvalue weighted by molar-refractivity contribution is 6.30. The van der Waals surface area contributed by atoms with Gasteiger partial charge in [-0.3, -0.25) is 14.6 Å². The van der Waals surface area contributed by atoms with Gasteiger partial charge < -0.3 is 14.2 Å². The van der Waals surface area contributed by atoms with Crippen LogP contribution in [0.25, 0.3) is 0 Å². The van der Waals surface area contributed by atoms with Gasteiger partial charge >= 0.3 is 5.97 Å². The number of halogens is 1. The van der Waals surface area contributed by atoms with Gasteiger partial charge in [-0.05, 0) is 66.1 Å². The maximum absolute atomic E-state index is 13.9. The summed E-state index contributed by atoms with van der Waals surface area (Å²) in [6.07, 6.45) is 0.925. The van der Waals surface area contributed by atoms with Crippen LogP contribution in [-0.2, 0) is 20.9 Å². The van der Waals surface area contributed by atoms with E-state index in [9.17, 15) is 9.59 Å². The van der Waals surface area contributed by atoms with Gasteiger partial charge in [0.15, 0.2) is 17.3 Å². The van der Waals surface area contributed by atoms with Gasteiger partial charge in [0.1, 0.15) is 12.5 Å². The molecular weight excluding hydrogens is 550 g/mol. The number of esters is 1. The predicted molar refractivity (Wildman–Crippen MR) is 164 cm³/mol. The van der Waals surface area contributed by atoms with Gasteiger partial charge in [0.05, 0.1) is 13.7 Å². The molecule has 0 N–H and O–H groups in total. The predicted octanol–water partition coefficient (Wildman–Crippen LogP) is 7.70. The van der Waals surface area contributed by atoms with E-state index in [2.05, 4.69) is 0 Å². The van der Waals surface area contributed by atoms with E-state index >= 15 is 0 Å². The fourth-order valence-corrected chi connectivity index (χ4v) is 5.89. The Morgan fingerprint density at radius 1 is 0.976 bits per heavy atom. The average molecular weight is 586 g/mol. The van der Waals surface area contributed by atoms with Crippen molar-refractivity contribution in [2.75, 3.05) is 13.7 Å². The number of ketones is 1. The molecule has 0 saturated carbocycles. The minimum atomic E-state index is -0.723. The van der Waals surface area contributed by atoms with Crippen molar-refractivity contribution < 1.29 is 23.8 Å². The maximum atomic E-state index is 13.9. The van der Waals surface area contributed by atoms with Gasteiger partial charge in [0.2, 0.25) is 0 Å². The van der Waals surface area contributed by atoms with E-state index in [4.69, 9.17) is 30.8 Å². The van der Waals surface area contributed by atoms with E-state index in [1.807, 2.05) is 93.6 Å². The second kappa shape index (κ2) is 13.0. The Morgan fingerprint density at radius 3 is 2.38 bits per heavy atom. The molecule has 3 atom stereocenters. The number of hydrogen-bond acceptors (Lipinski definition) is 6. The van der Waals surface area contributed by atoms with Crippen LogP contribution in [0.3, 0.4) is 0 Å². The molecule has 1 heterocycles. The summed E-state index contributed by atoms with van der Waals surface area (Å²) in [7, 11) is 1.59. The molecule has 1 aliphatic heterocycles. The summed E-state index contributed by atoms with van der Waals surface area (Å²) >= 11 is 6.11. The lowest BCUT2D eigenvalue weighted by atomic mass is 9.69. The molecule has 0 radical (unpaired) electrons. The summed E-state index contributed by atoms with van der Waals surface area (Å²) in [6, 6.07) is 23.1. The summed E-state index contributed by atoms with van der Waals surface area (Å²) < 4.78 is 17.5. The molecule has 1 unspecified atom stereocenters. The largest absolute Gasteiger partial charge is 0.493 e. The van der Waals surface area contributed by atoms with Crippen LogP contribution in [0.1, 0.15) is 62.1 Å². The summed E-state index contributed by atoms with van der Waals surface area (Å²) in [6.45, 7) is 6.52. The highest BCUT2D eigenvalue weighted by Crippen LogP contribution is 2.48. The van der Waals surface area contributed by atoms with E-state index in [-0.39, 0.29) is 23.6 Å². The molecule has 2 aliphatic rings. The molecule has 6 nitrogen and oxygen atoms in total. The molecule has 0 saturated heterocycles. The minimum absolute atomic E-state index is 0.0116. The molecule has 1 aliphatic carbocycles. The third-order valence-corrected chi connectivity index (χ3v) is 8.08. The van der Waals surface area contributed by atoms with Gasteiger partial charge in [0, 0.05) is 34.3 Å². The Morgan fingerprint density at radius 2 is 1.69 bits per heavy atom. The van der Waals surface area contributed by atoms with Crippen molar-refractivity contribution in [3.05, 3.63) is 106 Å². The lowest BCUT2D eigenvalue weighted by Crippen LogP contribution is -2.38. The SMILES string of the molecule is COc1cc([C@@H]2C3=C(C[C@@H](c4ccc(Cl)cc4)CC3=O)N=C(C)C2C(=O)OCC(C)C)ccc1OCc1ccccc1. The van der Waals surface area contributed by atoms with Crippen molar-refractivity contribution in [3.63, 3.8) is 0 Å². The van der Waals surface area contributed by atoms with Crippen molar-refractivity contribution in [1.82, 2.24) is 0 Å². The first kappa shape index (κ1) is 29.6. The number of carbonyl (C=O) groups excluding carboxylic acids is 2. The molecular formula is C35H36ClNO5. The second-order valence-electron chi connectivity index (χ2n) is 11.4.